The summed E-state index contributed by atoms with van der Waals surface area (Å²) in [4.78, 5) is 24.9. The highest BCUT2D eigenvalue weighted by Crippen LogP contribution is 2.20. The SMILES string of the molecule is CC(NC(=O)c1ccc(I)c(O)c1)C(=O)N(C)C. The molecule has 2 amide bonds. The number of hydrogen-bond donors (Lipinski definition) is 2. The zero-order valence-corrected chi connectivity index (χ0v) is 12.6. The van der Waals surface area contributed by atoms with Crippen LogP contribution in [-0.4, -0.2) is 42.0 Å². The molecule has 0 aliphatic carbocycles. The molecule has 0 aliphatic heterocycles. The van der Waals surface area contributed by atoms with Gasteiger partial charge in [0.05, 0.1) is 3.57 Å². The summed E-state index contributed by atoms with van der Waals surface area (Å²) in [5.74, 6) is -0.516. The first-order chi connectivity index (χ1) is 8.32. The molecule has 0 aliphatic rings. The van der Waals surface area contributed by atoms with Crippen LogP contribution >= 0.6 is 22.6 Å². The predicted molar refractivity (Wildman–Crippen MR) is 76.4 cm³/mol. The Bertz CT molecular complexity index is 474. The van der Waals surface area contributed by atoms with Crippen molar-refractivity contribution in [3.63, 3.8) is 0 Å². The Morgan fingerprint density at radius 3 is 2.50 bits per heavy atom. The third-order valence-electron chi connectivity index (χ3n) is 2.37. The van der Waals surface area contributed by atoms with E-state index in [0.29, 0.717) is 9.13 Å². The Balaban J connectivity index is 2.76. The maximum Gasteiger partial charge on any atom is 0.252 e. The fraction of sp³-hybridized carbons (Fsp3) is 0.333. The fourth-order valence-electron chi connectivity index (χ4n) is 1.38. The Kier molecular flexibility index (Phi) is 4.94. The minimum Gasteiger partial charge on any atom is -0.507 e. The van der Waals surface area contributed by atoms with Gasteiger partial charge in [0.15, 0.2) is 0 Å². The third kappa shape index (κ3) is 3.59. The van der Waals surface area contributed by atoms with Crippen molar-refractivity contribution in [3.8, 4) is 5.75 Å². The van der Waals surface area contributed by atoms with Crippen molar-refractivity contribution in [3.05, 3.63) is 27.3 Å². The largest absolute Gasteiger partial charge is 0.507 e. The second kappa shape index (κ2) is 6.03. The Morgan fingerprint density at radius 1 is 1.39 bits per heavy atom. The van der Waals surface area contributed by atoms with Crippen molar-refractivity contribution in [2.75, 3.05) is 14.1 Å². The Morgan fingerprint density at radius 2 is 2.00 bits per heavy atom. The summed E-state index contributed by atoms with van der Waals surface area (Å²) in [6.07, 6.45) is 0. The summed E-state index contributed by atoms with van der Waals surface area (Å²) < 4.78 is 0.668. The highest BCUT2D eigenvalue weighted by Gasteiger charge is 2.18. The summed E-state index contributed by atoms with van der Waals surface area (Å²) in [7, 11) is 3.25. The molecule has 98 valence electrons. The van der Waals surface area contributed by atoms with Gasteiger partial charge in [-0.2, -0.15) is 0 Å². The summed E-state index contributed by atoms with van der Waals surface area (Å²) in [6, 6.07) is 4.02. The first-order valence-corrected chi connectivity index (χ1v) is 6.41. The number of hydrogen-bond acceptors (Lipinski definition) is 3. The highest BCUT2D eigenvalue weighted by atomic mass is 127. The van der Waals surface area contributed by atoms with Gasteiger partial charge in [0.2, 0.25) is 5.91 Å². The number of rotatable bonds is 3. The molecule has 0 saturated heterocycles. The van der Waals surface area contributed by atoms with Crippen LogP contribution in [0.4, 0.5) is 0 Å². The number of nitrogens with one attached hydrogen (secondary N) is 1. The van der Waals surface area contributed by atoms with Gasteiger partial charge in [-0.25, -0.2) is 0 Å². The van der Waals surface area contributed by atoms with E-state index < -0.39 is 6.04 Å². The Hall–Kier alpha value is -1.31. The lowest BCUT2D eigenvalue weighted by Crippen LogP contribution is -2.44. The van der Waals surface area contributed by atoms with Crippen molar-refractivity contribution < 1.29 is 14.7 Å². The first-order valence-electron chi connectivity index (χ1n) is 5.33. The lowest BCUT2D eigenvalue weighted by Gasteiger charge is -2.18. The van der Waals surface area contributed by atoms with Gasteiger partial charge in [-0.15, -0.1) is 0 Å². The average molecular weight is 362 g/mol. The lowest BCUT2D eigenvalue weighted by atomic mass is 10.2. The zero-order chi connectivity index (χ0) is 13.9. The van der Waals surface area contributed by atoms with E-state index in [1.807, 2.05) is 22.6 Å². The molecule has 1 atom stereocenters. The molecular weight excluding hydrogens is 347 g/mol. The second-order valence-electron chi connectivity index (χ2n) is 4.09. The number of halogens is 1. The zero-order valence-electron chi connectivity index (χ0n) is 10.4. The molecule has 6 heteroatoms. The Labute approximate surface area is 119 Å². The quantitative estimate of drug-likeness (QED) is 0.795. The van der Waals surface area contributed by atoms with Crippen LogP contribution in [0.15, 0.2) is 18.2 Å². The minimum absolute atomic E-state index is 0.0508. The van der Waals surface area contributed by atoms with E-state index in [2.05, 4.69) is 5.32 Å². The smallest absolute Gasteiger partial charge is 0.252 e. The molecule has 0 aromatic heterocycles. The van der Waals surface area contributed by atoms with Crippen molar-refractivity contribution in [2.45, 2.75) is 13.0 Å². The van der Waals surface area contributed by atoms with Crippen LogP contribution < -0.4 is 5.32 Å². The number of phenolic OH excluding ortho intramolecular Hbond substituents is 1. The van der Waals surface area contributed by atoms with Crippen molar-refractivity contribution in [2.24, 2.45) is 0 Å². The molecule has 1 unspecified atom stereocenters. The van der Waals surface area contributed by atoms with Crippen LogP contribution in [0.2, 0.25) is 0 Å². The number of likely N-dealkylation sites (N-methyl/N-ethyl adjacent to an activating group) is 1. The van der Waals surface area contributed by atoms with Crippen LogP contribution in [0.5, 0.6) is 5.75 Å². The molecule has 1 aromatic carbocycles. The molecule has 0 heterocycles. The van der Waals surface area contributed by atoms with Crippen LogP contribution in [0.1, 0.15) is 17.3 Å². The topological polar surface area (TPSA) is 69.6 Å². The molecule has 0 radical (unpaired) electrons. The molecule has 0 fully saturated rings. The predicted octanol–water partition coefficient (Wildman–Crippen LogP) is 1.20. The van der Waals surface area contributed by atoms with Gasteiger partial charge >= 0.3 is 0 Å². The van der Waals surface area contributed by atoms with Crippen molar-refractivity contribution >= 4 is 34.4 Å². The monoisotopic (exact) mass is 362 g/mol. The van der Waals surface area contributed by atoms with E-state index in [0.717, 1.165) is 0 Å². The van der Waals surface area contributed by atoms with Gasteiger partial charge in [-0.05, 0) is 47.7 Å². The number of phenols is 1. The number of aromatic hydroxyl groups is 1. The standard InChI is InChI=1S/C12H15IN2O3/c1-7(12(18)15(2)3)14-11(17)8-4-5-9(13)10(16)6-8/h4-7,16H,1-3H3,(H,14,17). The van der Waals surface area contributed by atoms with Crippen molar-refractivity contribution in [1.29, 1.82) is 0 Å². The molecular formula is C12H15IN2O3. The van der Waals surface area contributed by atoms with Crippen LogP contribution in [0.25, 0.3) is 0 Å². The van der Waals surface area contributed by atoms with E-state index in [-0.39, 0.29) is 17.6 Å². The van der Waals surface area contributed by atoms with E-state index in [4.69, 9.17) is 0 Å². The van der Waals surface area contributed by atoms with Crippen LogP contribution in [0.3, 0.4) is 0 Å². The van der Waals surface area contributed by atoms with Gasteiger partial charge in [0.1, 0.15) is 11.8 Å². The van der Waals surface area contributed by atoms with E-state index >= 15 is 0 Å². The van der Waals surface area contributed by atoms with E-state index in [9.17, 15) is 14.7 Å². The van der Waals surface area contributed by atoms with E-state index in [1.54, 1.807) is 33.2 Å². The lowest BCUT2D eigenvalue weighted by molar-refractivity contribution is -0.130. The van der Waals surface area contributed by atoms with Gasteiger partial charge in [-0.1, -0.05) is 0 Å². The molecule has 0 bridgehead atoms. The number of amides is 2. The van der Waals surface area contributed by atoms with Gasteiger partial charge in [0, 0.05) is 19.7 Å². The van der Waals surface area contributed by atoms with Gasteiger partial charge in [0.25, 0.3) is 5.91 Å². The summed E-state index contributed by atoms with van der Waals surface area (Å²) >= 11 is 1.97. The summed E-state index contributed by atoms with van der Waals surface area (Å²) in [5.41, 5.74) is 0.325. The normalized spacial score (nSPS) is 11.8. The molecule has 0 spiro atoms. The highest BCUT2D eigenvalue weighted by molar-refractivity contribution is 14.1. The maximum atomic E-state index is 11.9. The summed E-state index contributed by atoms with van der Waals surface area (Å²) in [5, 5.41) is 12.1. The second-order valence-corrected chi connectivity index (χ2v) is 5.26. The molecule has 1 rings (SSSR count). The van der Waals surface area contributed by atoms with Crippen molar-refractivity contribution in [1.82, 2.24) is 10.2 Å². The van der Waals surface area contributed by atoms with E-state index in [1.165, 1.54) is 11.0 Å². The number of carbonyl (C=O) groups is 2. The minimum atomic E-state index is -0.603. The molecule has 5 nitrogen and oxygen atoms in total. The average Bonchev–Trinajstić information content (AvgIpc) is 2.31. The number of carbonyl (C=O) groups excluding carboxylic acids is 2. The molecule has 2 N–H and O–H groups in total. The number of benzene rings is 1. The van der Waals surface area contributed by atoms with Crippen LogP contribution in [-0.2, 0) is 4.79 Å². The van der Waals surface area contributed by atoms with Gasteiger partial charge in [-0.3, -0.25) is 9.59 Å². The molecule has 1 aromatic rings. The maximum absolute atomic E-state index is 11.9. The summed E-state index contributed by atoms with van der Waals surface area (Å²) in [6.45, 7) is 1.62. The number of nitrogens with zero attached hydrogens (tertiary/aromatic N) is 1. The molecule has 18 heavy (non-hydrogen) atoms. The molecule has 0 saturated carbocycles. The first kappa shape index (κ1) is 14.7. The van der Waals surface area contributed by atoms with Crippen LogP contribution in [0, 0.1) is 3.57 Å². The third-order valence-corrected chi connectivity index (χ3v) is 3.28. The fourth-order valence-corrected chi connectivity index (χ4v) is 1.72. The van der Waals surface area contributed by atoms with Gasteiger partial charge < -0.3 is 15.3 Å².